The summed E-state index contributed by atoms with van der Waals surface area (Å²) in [6.07, 6.45) is 1.85. The Labute approximate surface area is 161 Å². The van der Waals surface area contributed by atoms with Crippen molar-refractivity contribution in [1.29, 1.82) is 0 Å². The van der Waals surface area contributed by atoms with Crippen molar-refractivity contribution in [3.63, 3.8) is 0 Å². The van der Waals surface area contributed by atoms with Crippen molar-refractivity contribution in [2.75, 3.05) is 24.3 Å². The fourth-order valence-electron chi connectivity index (χ4n) is 2.66. The molecule has 3 rings (SSSR count). The molecule has 1 aliphatic rings. The molecule has 2 aromatic rings. The van der Waals surface area contributed by atoms with Gasteiger partial charge in [0.05, 0.1) is 17.4 Å². The zero-order valence-corrected chi connectivity index (χ0v) is 15.5. The van der Waals surface area contributed by atoms with Crippen LogP contribution in [0.1, 0.15) is 23.2 Å². The van der Waals surface area contributed by atoms with E-state index in [1.165, 1.54) is 36.0 Å². The van der Waals surface area contributed by atoms with E-state index in [4.69, 9.17) is 9.47 Å². The molecule has 1 fully saturated rings. The summed E-state index contributed by atoms with van der Waals surface area (Å²) in [5.74, 6) is -0.910. The third-order valence-electron chi connectivity index (χ3n) is 4.02. The maximum absolute atomic E-state index is 12.9. The summed E-state index contributed by atoms with van der Waals surface area (Å²) >= 11 is 1.25. The lowest BCUT2D eigenvalue weighted by atomic mass is 10.2. The fraction of sp³-hybridized carbons (Fsp3) is 0.300. The molecule has 0 aliphatic carbocycles. The number of esters is 1. The van der Waals surface area contributed by atoms with Gasteiger partial charge in [-0.2, -0.15) is 0 Å². The Bertz CT molecular complexity index is 791. The van der Waals surface area contributed by atoms with Gasteiger partial charge in [-0.15, -0.1) is 11.8 Å². The summed E-state index contributed by atoms with van der Waals surface area (Å²) < 4.78 is 23.7. The number of hydrogen-bond acceptors (Lipinski definition) is 5. The second-order valence-electron chi connectivity index (χ2n) is 6.07. The fourth-order valence-corrected chi connectivity index (χ4v) is 3.50. The molecule has 2 aromatic carbocycles. The Morgan fingerprint density at radius 2 is 1.96 bits per heavy atom. The van der Waals surface area contributed by atoms with Gasteiger partial charge in [-0.3, -0.25) is 4.79 Å². The first-order chi connectivity index (χ1) is 13.1. The lowest BCUT2D eigenvalue weighted by Crippen LogP contribution is -2.18. The van der Waals surface area contributed by atoms with Crippen LogP contribution >= 0.6 is 11.8 Å². The van der Waals surface area contributed by atoms with E-state index in [0.717, 1.165) is 12.8 Å². The van der Waals surface area contributed by atoms with Gasteiger partial charge in [0.1, 0.15) is 12.4 Å². The highest BCUT2D eigenvalue weighted by Gasteiger charge is 2.19. The third-order valence-corrected chi connectivity index (χ3v) is 5.09. The van der Waals surface area contributed by atoms with Gasteiger partial charge in [-0.25, -0.2) is 9.18 Å². The molecule has 1 amide bonds. The quantitative estimate of drug-likeness (QED) is 0.575. The van der Waals surface area contributed by atoms with Crippen LogP contribution in [0, 0.1) is 5.82 Å². The average molecular weight is 389 g/mol. The molecule has 1 saturated heterocycles. The number of ether oxygens (including phenoxy) is 2. The van der Waals surface area contributed by atoms with Gasteiger partial charge in [0.25, 0.3) is 0 Å². The number of halogens is 1. The number of thioether (sulfide) groups is 1. The van der Waals surface area contributed by atoms with Gasteiger partial charge < -0.3 is 14.8 Å². The SMILES string of the molecule is O=C(CSc1ccccc1C(=O)OCC1CCCO1)Nc1ccc(F)cc1. The first-order valence-electron chi connectivity index (χ1n) is 8.68. The van der Waals surface area contributed by atoms with Gasteiger partial charge in [0.15, 0.2) is 0 Å². The number of hydrogen-bond donors (Lipinski definition) is 1. The Morgan fingerprint density at radius 1 is 1.19 bits per heavy atom. The summed E-state index contributed by atoms with van der Waals surface area (Å²) in [5, 5.41) is 2.69. The molecule has 142 valence electrons. The maximum Gasteiger partial charge on any atom is 0.339 e. The van der Waals surface area contributed by atoms with Crippen LogP contribution in [0.15, 0.2) is 53.4 Å². The molecule has 0 radical (unpaired) electrons. The van der Waals surface area contributed by atoms with E-state index in [1.807, 2.05) is 0 Å². The molecule has 0 spiro atoms. The minimum Gasteiger partial charge on any atom is -0.459 e. The van der Waals surface area contributed by atoms with Crippen molar-refractivity contribution in [1.82, 2.24) is 0 Å². The predicted molar refractivity (Wildman–Crippen MR) is 101 cm³/mol. The van der Waals surface area contributed by atoms with Crippen LogP contribution in [0.3, 0.4) is 0 Å². The minimum absolute atomic E-state index is 0.0322. The van der Waals surface area contributed by atoms with E-state index >= 15 is 0 Å². The maximum atomic E-state index is 12.9. The molecular formula is C20H20FNO4S. The molecule has 5 nitrogen and oxygen atoms in total. The molecule has 1 N–H and O–H groups in total. The van der Waals surface area contributed by atoms with E-state index < -0.39 is 5.97 Å². The van der Waals surface area contributed by atoms with Crippen molar-refractivity contribution in [3.05, 3.63) is 59.9 Å². The van der Waals surface area contributed by atoms with Gasteiger partial charge >= 0.3 is 5.97 Å². The normalized spacial score (nSPS) is 16.1. The van der Waals surface area contributed by atoms with E-state index in [9.17, 15) is 14.0 Å². The Hall–Kier alpha value is -2.38. The highest BCUT2D eigenvalue weighted by atomic mass is 32.2. The molecule has 0 aromatic heterocycles. The summed E-state index contributed by atoms with van der Waals surface area (Å²) in [6, 6.07) is 12.6. The predicted octanol–water partition coefficient (Wildman–Crippen LogP) is 3.89. The number of nitrogens with one attached hydrogen (secondary N) is 1. The van der Waals surface area contributed by atoms with Crippen LogP contribution in [0.4, 0.5) is 10.1 Å². The lowest BCUT2D eigenvalue weighted by Gasteiger charge is -2.12. The summed E-state index contributed by atoms with van der Waals surface area (Å²) in [6.45, 7) is 0.945. The standard InChI is InChI=1S/C20H20FNO4S/c21-14-7-9-15(10-8-14)22-19(23)13-27-18-6-2-1-5-17(18)20(24)26-12-16-4-3-11-25-16/h1-2,5-10,16H,3-4,11-13H2,(H,22,23). The van der Waals surface area contributed by atoms with Crippen LogP contribution in [0.25, 0.3) is 0 Å². The second kappa shape index (κ2) is 9.53. The summed E-state index contributed by atoms with van der Waals surface area (Å²) in [4.78, 5) is 25.1. The van der Waals surface area contributed by atoms with Crippen LogP contribution in [0.5, 0.6) is 0 Å². The molecule has 27 heavy (non-hydrogen) atoms. The highest BCUT2D eigenvalue weighted by molar-refractivity contribution is 8.00. The molecule has 1 unspecified atom stereocenters. The number of anilines is 1. The van der Waals surface area contributed by atoms with Crippen LogP contribution in [0.2, 0.25) is 0 Å². The van der Waals surface area contributed by atoms with E-state index in [2.05, 4.69) is 5.32 Å². The average Bonchev–Trinajstić information content (AvgIpc) is 3.20. The number of carbonyl (C=O) groups is 2. The Morgan fingerprint density at radius 3 is 2.70 bits per heavy atom. The van der Waals surface area contributed by atoms with Crippen LogP contribution < -0.4 is 5.32 Å². The molecule has 0 saturated carbocycles. The van der Waals surface area contributed by atoms with Gasteiger partial charge in [0, 0.05) is 17.2 Å². The first-order valence-corrected chi connectivity index (χ1v) is 9.66. The van der Waals surface area contributed by atoms with Gasteiger partial charge in [0.2, 0.25) is 5.91 Å². The smallest absolute Gasteiger partial charge is 0.339 e. The molecule has 1 heterocycles. The van der Waals surface area contributed by atoms with Crippen molar-refractivity contribution in [2.45, 2.75) is 23.8 Å². The lowest BCUT2D eigenvalue weighted by molar-refractivity contribution is -0.113. The number of carbonyl (C=O) groups excluding carboxylic acids is 2. The van der Waals surface area contributed by atoms with E-state index in [-0.39, 0.29) is 30.2 Å². The van der Waals surface area contributed by atoms with Crippen molar-refractivity contribution < 1.29 is 23.5 Å². The summed E-state index contributed by atoms with van der Waals surface area (Å²) in [5.41, 5.74) is 0.946. The number of amides is 1. The first kappa shape index (κ1) is 19.4. The molecular weight excluding hydrogens is 369 g/mol. The topological polar surface area (TPSA) is 64.6 Å². The molecule has 0 bridgehead atoms. The number of rotatable bonds is 7. The molecule has 1 atom stereocenters. The van der Waals surface area contributed by atoms with Crippen LogP contribution in [-0.2, 0) is 14.3 Å². The largest absolute Gasteiger partial charge is 0.459 e. The van der Waals surface area contributed by atoms with Crippen molar-refractivity contribution in [2.24, 2.45) is 0 Å². The highest BCUT2D eigenvalue weighted by Crippen LogP contribution is 2.24. The van der Waals surface area contributed by atoms with Gasteiger partial charge in [-0.1, -0.05) is 12.1 Å². The summed E-state index contributed by atoms with van der Waals surface area (Å²) in [7, 11) is 0. The molecule has 1 aliphatic heterocycles. The van der Waals surface area contributed by atoms with Gasteiger partial charge in [-0.05, 0) is 49.2 Å². The third kappa shape index (κ3) is 5.80. The second-order valence-corrected chi connectivity index (χ2v) is 7.09. The Kier molecular flexibility index (Phi) is 6.84. The van der Waals surface area contributed by atoms with E-state index in [0.29, 0.717) is 22.8 Å². The van der Waals surface area contributed by atoms with Crippen molar-refractivity contribution >= 4 is 29.3 Å². The zero-order chi connectivity index (χ0) is 19.1. The van der Waals surface area contributed by atoms with Crippen LogP contribution in [-0.4, -0.2) is 36.9 Å². The Balaban J connectivity index is 1.54. The van der Waals surface area contributed by atoms with E-state index in [1.54, 1.807) is 24.3 Å². The minimum atomic E-state index is -0.424. The zero-order valence-electron chi connectivity index (χ0n) is 14.7. The van der Waals surface area contributed by atoms with Crippen molar-refractivity contribution in [3.8, 4) is 0 Å². The molecule has 7 heteroatoms. The number of benzene rings is 2. The monoisotopic (exact) mass is 389 g/mol.